The maximum atomic E-state index is 9.99. The van der Waals surface area contributed by atoms with Crippen LogP contribution in [0.1, 0.15) is 43.4 Å². The second kappa shape index (κ2) is 5.89. The highest BCUT2D eigenvalue weighted by Crippen LogP contribution is 2.13. The molecule has 1 aromatic heterocycles. The first kappa shape index (κ1) is 13.0. The van der Waals surface area contributed by atoms with Gasteiger partial charge in [-0.1, -0.05) is 19.8 Å². The van der Waals surface area contributed by atoms with E-state index in [9.17, 15) is 5.21 Å². The maximum Gasteiger partial charge on any atom is 0.145 e. The number of aromatic nitrogens is 2. The molecule has 16 heavy (non-hydrogen) atoms. The van der Waals surface area contributed by atoms with Gasteiger partial charge in [0, 0.05) is 13.0 Å². The zero-order valence-electron chi connectivity index (χ0n) is 10.8. The first-order chi connectivity index (χ1) is 7.56. The fourth-order valence-corrected chi connectivity index (χ4v) is 1.79. The monoisotopic (exact) mass is 225 g/mol. The van der Waals surface area contributed by atoms with Gasteiger partial charge in [-0.2, -0.15) is 4.73 Å². The van der Waals surface area contributed by atoms with Gasteiger partial charge >= 0.3 is 0 Å². The van der Waals surface area contributed by atoms with Crippen molar-refractivity contribution in [1.82, 2.24) is 14.6 Å². The lowest BCUT2D eigenvalue weighted by Gasteiger charge is -2.10. The van der Waals surface area contributed by atoms with Crippen molar-refractivity contribution >= 4 is 0 Å². The average molecular weight is 225 g/mol. The smallest absolute Gasteiger partial charge is 0.145 e. The van der Waals surface area contributed by atoms with E-state index in [1.54, 1.807) is 0 Å². The summed E-state index contributed by atoms with van der Waals surface area (Å²) in [6, 6.07) is 0. The molecule has 0 saturated carbocycles. The second-order valence-corrected chi connectivity index (χ2v) is 4.57. The molecule has 1 aromatic rings. The van der Waals surface area contributed by atoms with Gasteiger partial charge in [-0.15, -0.1) is 0 Å². The van der Waals surface area contributed by atoms with Crippen LogP contribution < -0.4 is 0 Å². The minimum absolute atomic E-state index is 0.725. The molecule has 0 aromatic carbocycles. The van der Waals surface area contributed by atoms with E-state index in [0.29, 0.717) is 0 Å². The first-order valence-corrected chi connectivity index (χ1v) is 5.97. The molecule has 1 rings (SSSR count). The fourth-order valence-electron chi connectivity index (χ4n) is 1.79. The van der Waals surface area contributed by atoms with Gasteiger partial charge in [0.15, 0.2) is 0 Å². The Labute approximate surface area is 97.9 Å². The minimum Gasteiger partial charge on any atom is -0.427 e. The summed E-state index contributed by atoms with van der Waals surface area (Å²) in [5.74, 6) is 0.794. The predicted octanol–water partition coefficient (Wildman–Crippen LogP) is 2.22. The predicted molar refractivity (Wildman–Crippen MR) is 64.8 cm³/mol. The Bertz CT molecular complexity index is 331. The lowest BCUT2D eigenvalue weighted by molar-refractivity contribution is 0.158. The second-order valence-electron chi connectivity index (χ2n) is 4.57. The molecular formula is C12H23N3O. The summed E-state index contributed by atoms with van der Waals surface area (Å²) in [6.07, 6.45) is 4.33. The van der Waals surface area contributed by atoms with Crippen molar-refractivity contribution in [2.45, 2.75) is 46.1 Å². The molecular weight excluding hydrogens is 202 g/mol. The summed E-state index contributed by atoms with van der Waals surface area (Å²) in [6.45, 7) is 4.85. The molecule has 0 saturated heterocycles. The van der Waals surface area contributed by atoms with Crippen LogP contribution in [0.25, 0.3) is 0 Å². The van der Waals surface area contributed by atoms with E-state index in [2.05, 4.69) is 11.9 Å². The van der Waals surface area contributed by atoms with Crippen molar-refractivity contribution in [2.75, 3.05) is 14.1 Å². The SMILES string of the molecule is CCCCCc1nc(C)c(CN(C)C)n1O. The molecule has 4 nitrogen and oxygen atoms in total. The Hall–Kier alpha value is -1.03. The summed E-state index contributed by atoms with van der Waals surface area (Å²) in [7, 11) is 3.98. The van der Waals surface area contributed by atoms with Crippen LogP contribution in [0.15, 0.2) is 0 Å². The van der Waals surface area contributed by atoms with Crippen LogP contribution in [0.4, 0.5) is 0 Å². The van der Waals surface area contributed by atoms with Gasteiger partial charge in [0.1, 0.15) is 5.82 Å². The third kappa shape index (κ3) is 3.23. The van der Waals surface area contributed by atoms with E-state index in [1.807, 2.05) is 25.9 Å². The highest BCUT2D eigenvalue weighted by atomic mass is 16.5. The van der Waals surface area contributed by atoms with Crippen LogP contribution >= 0.6 is 0 Å². The third-order valence-corrected chi connectivity index (χ3v) is 2.68. The quantitative estimate of drug-likeness (QED) is 0.596. The van der Waals surface area contributed by atoms with Crippen molar-refractivity contribution in [1.29, 1.82) is 0 Å². The Morgan fingerprint density at radius 3 is 2.56 bits per heavy atom. The van der Waals surface area contributed by atoms with Crippen molar-refractivity contribution in [3.05, 3.63) is 17.2 Å². The van der Waals surface area contributed by atoms with E-state index in [-0.39, 0.29) is 0 Å². The van der Waals surface area contributed by atoms with Crippen LogP contribution in [0.5, 0.6) is 0 Å². The largest absolute Gasteiger partial charge is 0.427 e. The molecule has 0 aliphatic heterocycles. The van der Waals surface area contributed by atoms with E-state index in [1.165, 1.54) is 17.6 Å². The zero-order chi connectivity index (χ0) is 12.1. The zero-order valence-corrected chi connectivity index (χ0v) is 10.8. The number of rotatable bonds is 6. The Kier molecular flexibility index (Phi) is 4.80. The van der Waals surface area contributed by atoms with Crippen molar-refractivity contribution in [3.8, 4) is 0 Å². The van der Waals surface area contributed by atoms with Gasteiger partial charge in [-0.05, 0) is 27.4 Å². The molecule has 0 spiro atoms. The molecule has 0 radical (unpaired) electrons. The Balaban J connectivity index is 2.72. The molecule has 0 unspecified atom stereocenters. The van der Waals surface area contributed by atoms with Gasteiger partial charge in [-0.25, -0.2) is 4.98 Å². The topological polar surface area (TPSA) is 41.3 Å². The number of hydrogen-bond acceptors (Lipinski definition) is 3. The number of nitrogens with zero attached hydrogens (tertiary/aromatic N) is 3. The van der Waals surface area contributed by atoms with E-state index >= 15 is 0 Å². The van der Waals surface area contributed by atoms with Gasteiger partial charge in [0.2, 0.25) is 0 Å². The summed E-state index contributed by atoms with van der Waals surface area (Å²) in [5.41, 5.74) is 1.83. The lowest BCUT2D eigenvalue weighted by atomic mass is 10.2. The number of imidazole rings is 1. The van der Waals surface area contributed by atoms with Crippen molar-refractivity contribution in [3.63, 3.8) is 0 Å². The van der Waals surface area contributed by atoms with E-state index in [0.717, 1.165) is 36.6 Å². The highest BCUT2D eigenvalue weighted by molar-refractivity contribution is 5.14. The molecule has 0 fully saturated rings. The van der Waals surface area contributed by atoms with Crippen LogP contribution in [-0.4, -0.2) is 33.9 Å². The first-order valence-electron chi connectivity index (χ1n) is 5.97. The van der Waals surface area contributed by atoms with Gasteiger partial charge in [0.25, 0.3) is 0 Å². The molecule has 92 valence electrons. The van der Waals surface area contributed by atoms with Gasteiger partial charge < -0.3 is 10.1 Å². The third-order valence-electron chi connectivity index (χ3n) is 2.68. The minimum atomic E-state index is 0.725. The summed E-state index contributed by atoms with van der Waals surface area (Å²) >= 11 is 0. The summed E-state index contributed by atoms with van der Waals surface area (Å²) < 4.78 is 1.27. The molecule has 0 aliphatic carbocycles. The average Bonchev–Trinajstić information content (AvgIpc) is 2.46. The van der Waals surface area contributed by atoms with E-state index in [4.69, 9.17) is 0 Å². The van der Waals surface area contributed by atoms with E-state index < -0.39 is 0 Å². The standard InChI is InChI=1S/C12H23N3O/c1-5-6-7-8-12-13-10(2)11(15(12)16)9-14(3)4/h16H,5-9H2,1-4H3. The molecule has 0 bridgehead atoms. The van der Waals surface area contributed by atoms with Crippen LogP contribution in [0.2, 0.25) is 0 Å². The van der Waals surface area contributed by atoms with Crippen LogP contribution in [0.3, 0.4) is 0 Å². The number of unbranched alkanes of at least 4 members (excludes halogenated alkanes) is 2. The maximum absolute atomic E-state index is 9.99. The fraction of sp³-hybridized carbons (Fsp3) is 0.750. The number of hydrogen-bond donors (Lipinski definition) is 1. The Morgan fingerprint density at radius 2 is 2.00 bits per heavy atom. The van der Waals surface area contributed by atoms with Crippen molar-refractivity contribution in [2.24, 2.45) is 0 Å². The molecule has 1 heterocycles. The molecule has 0 atom stereocenters. The lowest BCUT2D eigenvalue weighted by Crippen LogP contribution is -2.15. The Morgan fingerprint density at radius 1 is 1.31 bits per heavy atom. The van der Waals surface area contributed by atoms with Gasteiger partial charge in [0.05, 0.1) is 11.4 Å². The molecule has 1 N–H and O–H groups in total. The summed E-state index contributed by atoms with van der Waals surface area (Å²) in [5, 5.41) is 9.99. The normalized spacial score (nSPS) is 11.3. The molecule has 4 heteroatoms. The van der Waals surface area contributed by atoms with Gasteiger partial charge in [-0.3, -0.25) is 0 Å². The number of aryl methyl sites for hydroxylation is 2. The molecule has 0 amide bonds. The van der Waals surface area contributed by atoms with Crippen molar-refractivity contribution < 1.29 is 5.21 Å². The highest BCUT2D eigenvalue weighted by Gasteiger charge is 2.13. The summed E-state index contributed by atoms with van der Waals surface area (Å²) in [4.78, 5) is 6.46. The molecule has 0 aliphatic rings. The van der Waals surface area contributed by atoms with Crippen LogP contribution in [0, 0.1) is 6.92 Å². The van der Waals surface area contributed by atoms with Crippen LogP contribution in [-0.2, 0) is 13.0 Å².